The number of carbonyl (C=O) groups is 1. The first kappa shape index (κ1) is 14.0. The molecule has 3 N–H and O–H groups in total. The van der Waals surface area contributed by atoms with Gasteiger partial charge in [0.1, 0.15) is 10.7 Å². The number of hydrogen-bond acceptors (Lipinski definition) is 3. The number of nitrogens with two attached hydrogens (primary N) is 1. The molecule has 0 aliphatic rings. The Hall–Kier alpha value is -2.40. The van der Waals surface area contributed by atoms with Crippen LogP contribution in [0.4, 0.5) is 5.69 Å². The maximum Gasteiger partial charge on any atom is 0.258 e. The molecule has 0 saturated heterocycles. The van der Waals surface area contributed by atoms with Gasteiger partial charge in [0, 0.05) is 29.9 Å². The summed E-state index contributed by atoms with van der Waals surface area (Å²) in [5.74, 6) is -0.0592. The largest absolute Gasteiger partial charge is 0.508 e. The summed E-state index contributed by atoms with van der Waals surface area (Å²) in [6.45, 7) is 0. The van der Waals surface area contributed by atoms with Gasteiger partial charge >= 0.3 is 0 Å². The topological polar surface area (TPSA) is 66.6 Å². The molecule has 0 fully saturated rings. The quantitative estimate of drug-likeness (QED) is 0.850. The van der Waals surface area contributed by atoms with Crippen LogP contribution >= 0.6 is 12.2 Å². The highest BCUT2D eigenvalue weighted by atomic mass is 32.1. The van der Waals surface area contributed by atoms with E-state index >= 15 is 0 Å². The Kier molecular flexibility index (Phi) is 4.00. The zero-order valence-corrected chi connectivity index (χ0v) is 11.7. The summed E-state index contributed by atoms with van der Waals surface area (Å²) in [5.41, 5.74) is 7.38. The van der Waals surface area contributed by atoms with E-state index in [1.807, 2.05) is 0 Å². The van der Waals surface area contributed by atoms with Gasteiger partial charge in [-0.05, 0) is 24.3 Å². The Morgan fingerprint density at radius 1 is 1.15 bits per heavy atom. The number of rotatable bonds is 3. The van der Waals surface area contributed by atoms with Gasteiger partial charge in [0.2, 0.25) is 0 Å². The molecular formula is C15H14N2O2S. The van der Waals surface area contributed by atoms with Gasteiger partial charge in [-0.2, -0.15) is 0 Å². The molecule has 102 valence electrons. The number of aromatic hydroxyl groups is 1. The Labute approximate surface area is 122 Å². The Balaban J connectivity index is 2.24. The van der Waals surface area contributed by atoms with Crippen molar-refractivity contribution in [2.75, 3.05) is 11.9 Å². The lowest BCUT2D eigenvalue weighted by Gasteiger charge is -2.17. The number of amides is 1. The van der Waals surface area contributed by atoms with Gasteiger partial charge in [0.15, 0.2) is 0 Å². The number of carbonyl (C=O) groups excluding carboxylic acids is 1. The maximum atomic E-state index is 12.3. The fourth-order valence-corrected chi connectivity index (χ4v) is 1.93. The Morgan fingerprint density at radius 3 is 2.30 bits per heavy atom. The van der Waals surface area contributed by atoms with Crippen LogP contribution < -0.4 is 10.6 Å². The lowest BCUT2D eigenvalue weighted by atomic mass is 10.1. The standard InChI is InChI=1S/C15H14N2O2S/c1-17(12-3-2-4-13(18)9-12)15(19)11-7-5-10(6-8-11)14(16)20/h2-9,18H,1H3,(H2,16,20). The van der Waals surface area contributed by atoms with Gasteiger partial charge in [0.25, 0.3) is 5.91 Å². The number of hydrogen-bond donors (Lipinski definition) is 2. The first-order valence-electron chi connectivity index (χ1n) is 5.96. The molecule has 0 aliphatic heterocycles. The third-order valence-electron chi connectivity index (χ3n) is 2.94. The van der Waals surface area contributed by atoms with E-state index < -0.39 is 0 Å². The SMILES string of the molecule is CN(C(=O)c1ccc(C(N)=S)cc1)c1cccc(O)c1. The molecule has 4 nitrogen and oxygen atoms in total. The van der Waals surface area contributed by atoms with E-state index in [1.54, 1.807) is 49.5 Å². The molecule has 0 aliphatic carbocycles. The molecule has 0 bridgehead atoms. The zero-order valence-electron chi connectivity index (χ0n) is 10.9. The molecule has 2 aromatic rings. The van der Waals surface area contributed by atoms with Crippen LogP contribution in [0.3, 0.4) is 0 Å². The zero-order chi connectivity index (χ0) is 14.7. The van der Waals surface area contributed by atoms with Crippen LogP contribution in [0.25, 0.3) is 0 Å². The number of thiocarbonyl (C=S) groups is 1. The minimum absolute atomic E-state index is 0.117. The van der Waals surface area contributed by atoms with Crippen molar-refractivity contribution in [1.82, 2.24) is 0 Å². The van der Waals surface area contributed by atoms with Gasteiger partial charge in [-0.1, -0.05) is 30.4 Å². The van der Waals surface area contributed by atoms with E-state index in [0.717, 1.165) is 5.56 Å². The summed E-state index contributed by atoms with van der Waals surface area (Å²) in [7, 11) is 1.65. The molecule has 0 radical (unpaired) electrons. The number of benzene rings is 2. The minimum atomic E-state index is -0.176. The highest BCUT2D eigenvalue weighted by Gasteiger charge is 2.13. The van der Waals surface area contributed by atoms with E-state index in [2.05, 4.69) is 0 Å². The second-order valence-corrected chi connectivity index (χ2v) is 4.77. The van der Waals surface area contributed by atoms with Crippen LogP contribution in [0.5, 0.6) is 5.75 Å². The molecule has 0 atom stereocenters. The Morgan fingerprint density at radius 2 is 1.75 bits per heavy atom. The third kappa shape index (κ3) is 2.95. The van der Waals surface area contributed by atoms with Gasteiger partial charge < -0.3 is 15.7 Å². The molecular weight excluding hydrogens is 272 g/mol. The van der Waals surface area contributed by atoms with Gasteiger partial charge in [-0.3, -0.25) is 4.79 Å². The predicted octanol–water partition coefficient (Wildman–Crippen LogP) is 2.30. The lowest BCUT2D eigenvalue weighted by Crippen LogP contribution is -2.26. The van der Waals surface area contributed by atoms with Crippen LogP contribution in [0.2, 0.25) is 0 Å². The molecule has 20 heavy (non-hydrogen) atoms. The number of phenols is 1. The second-order valence-electron chi connectivity index (χ2n) is 4.33. The van der Waals surface area contributed by atoms with Gasteiger partial charge in [0.05, 0.1) is 0 Å². The fraction of sp³-hybridized carbons (Fsp3) is 0.0667. The molecule has 0 heterocycles. The summed E-state index contributed by atoms with van der Waals surface area (Å²) in [6, 6.07) is 13.3. The summed E-state index contributed by atoms with van der Waals surface area (Å²) >= 11 is 4.87. The van der Waals surface area contributed by atoms with Crippen molar-refractivity contribution in [1.29, 1.82) is 0 Å². The van der Waals surface area contributed by atoms with Gasteiger partial charge in [-0.15, -0.1) is 0 Å². The molecule has 0 unspecified atom stereocenters. The lowest BCUT2D eigenvalue weighted by molar-refractivity contribution is 0.0993. The first-order valence-corrected chi connectivity index (χ1v) is 6.37. The summed E-state index contributed by atoms with van der Waals surface area (Å²) in [4.78, 5) is 14.1. The van der Waals surface area contributed by atoms with Crippen molar-refractivity contribution >= 4 is 28.8 Å². The van der Waals surface area contributed by atoms with Crippen molar-refractivity contribution in [3.63, 3.8) is 0 Å². The fourth-order valence-electron chi connectivity index (χ4n) is 1.79. The Bertz CT molecular complexity index is 653. The average Bonchev–Trinajstić information content (AvgIpc) is 2.46. The molecule has 0 spiro atoms. The smallest absolute Gasteiger partial charge is 0.258 e. The maximum absolute atomic E-state index is 12.3. The number of phenolic OH excluding ortho intramolecular Hbond substituents is 1. The van der Waals surface area contributed by atoms with E-state index in [1.165, 1.54) is 11.0 Å². The molecule has 0 saturated carbocycles. The highest BCUT2D eigenvalue weighted by Crippen LogP contribution is 2.20. The van der Waals surface area contributed by atoms with Crippen molar-refractivity contribution in [2.24, 2.45) is 5.73 Å². The summed E-state index contributed by atoms with van der Waals surface area (Å²) in [5, 5.41) is 9.45. The van der Waals surface area contributed by atoms with Crippen molar-refractivity contribution in [3.8, 4) is 5.75 Å². The van der Waals surface area contributed by atoms with E-state index in [-0.39, 0.29) is 11.7 Å². The molecule has 2 rings (SSSR count). The van der Waals surface area contributed by atoms with E-state index in [4.69, 9.17) is 18.0 Å². The molecule has 0 aromatic heterocycles. The van der Waals surface area contributed by atoms with Crippen molar-refractivity contribution < 1.29 is 9.90 Å². The summed E-state index contributed by atoms with van der Waals surface area (Å²) in [6.07, 6.45) is 0. The van der Waals surface area contributed by atoms with Gasteiger partial charge in [-0.25, -0.2) is 0 Å². The predicted molar refractivity (Wildman–Crippen MR) is 83.2 cm³/mol. The number of anilines is 1. The second kappa shape index (κ2) is 5.71. The van der Waals surface area contributed by atoms with Crippen LogP contribution in [0.15, 0.2) is 48.5 Å². The van der Waals surface area contributed by atoms with Crippen LogP contribution in [0, 0.1) is 0 Å². The van der Waals surface area contributed by atoms with Crippen molar-refractivity contribution in [2.45, 2.75) is 0 Å². The number of nitrogens with zero attached hydrogens (tertiary/aromatic N) is 1. The average molecular weight is 286 g/mol. The minimum Gasteiger partial charge on any atom is -0.508 e. The van der Waals surface area contributed by atoms with Crippen LogP contribution in [0.1, 0.15) is 15.9 Å². The van der Waals surface area contributed by atoms with Crippen LogP contribution in [-0.4, -0.2) is 23.0 Å². The third-order valence-corrected chi connectivity index (χ3v) is 3.17. The monoisotopic (exact) mass is 286 g/mol. The molecule has 5 heteroatoms. The van der Waals surface area contributed by atoms with Crippen molar-refractivity contribution in [3.05, 3.63) is 59.7 Å². The normalized spacial score (nSPS) is 10.1. The highest BCUT2D eigenvalue weighted by molar-refractivity contribution is 7.80. The molecule has 2 aromatic carbocycles. The van der Waals surface area contributed by atoms with Crippen LogP contribution in [-0.2, 0) is 0 Å². The van der Waals surface area contributed by atoms with E-state index in [0.29, 0.717) is 16.2 Å². The first-order chi connectivity index (χ1) is 9.49. The molecule has 1 amide bonds. The van der Waals surface area contributed by atoms with E-state index in [9.17, 15) is 9.90 Å². The summed E-state index contributed by atoms with van der Waals surface area (Å²) < 4.78 is 0.